The van der Waals surface area contributed by atoms with E-state index in [4.69, 9.17) is 0 Å². The molecule has 0 atom stereocenters. The first-order valence-electron chi connectivity index (χ1n) is 6.98. The number of hydrogen-bond donors (Lipinski definition) is 1. The van der Waals surface area contributed by atoms with Gasteiger partial charge in [-0.1, -0.05) is 0 Å². The third-order valence-electron chi connectivity index (χ3n) is 3.85. The molecule has 2 aromatic heterocycles. The molecule has 0 aromatic carbocycles. The molecule has 1 fully saturated rings. The van der Waals surface area contributed by atoms with Gasteiger partial charge in [0.15, 0.2) is 5.69 Å². The molecule has 7 heteroatoms. The van der Waals surface area contributed by atoms with Crippen molar-refractivity contribution in [2.45, 2.75) is 32.6 Å². The van der Waals surface area contributed by atoms with Gasteiger partial charge in [0.2, 0.25) is 0 Å². The van der Waals surface area contributed by atoms with Crippen LogP contribution in [-0.4, -0.2) is 39.1 Å². The maximum absolute atomic E-state index is 12.5. The fourth-order valence-corrected chi connectivity index (χ4v) is 3.89. The number of piperidine rings is 1. The van der Waals surface area contributed by atoms with Gasteiger partial charge in [0.25, 0.3) is 5.91 Å². The molecule has 1 aliphatic heterocycles. The topological polar surface area (TPSA) is 61.9 Å². The van der Waals surface area contributed by atoms with Crippen LogP contribution in [0.15, 0.2) is 10.7 Å². The molecule has 2 aromatic rings. The van der Waals surface area contributed by atoms with Crippen molar-refractivity contribution < 1.29 is 4.79 Å². The zero-order valence-corrected chi connectivity index (χ0v) is 14.4. The van der Waals surface area contributed by atoms with Crippen molar-refractivity contribution in [3.8, 4) is 0 Å². The molecule has 3 rings (SSSR count). The Morgan fingerprint density at radius 1 is 1.43 bits per heavy atom. The summed E-state index contributed by atoms with van der Waals surface area (Å²) in [6.45, 7) is 5.50. The number of thiazole rings is 1. The second kappa shape index (κ2) is 5.88. The standard InChI is InChI=1S/C14H17BrN4OS/c1-8-7-16-13(21-8)10-3-5-19(6-4-10)14(20)12-11(15)9(2)17-18-12/h7,10H,3-6H2,1-2H3,(H,17,18). The van der Waals surface area contributed by atoms with Crippen LogP contribution in [-0.2, 0) is 0 Å². The van der Waals surface area contributed by atoms with E-state index in [9.17, 15) is 4.79 Å². The Morgan fingerprint density at radius 3 is 2.67 bits per heavy atom. The van der Waals surface area contributed by atoms with E-state index in [1.54, 1.807) is 11.3 Å². The van der Waals surface area contributed by atoms with Crippen LogP contribution in [0.2, 0.25) is 0 Å². The van der Waals surface area contributed by atoms with E-state index in [-0.39, 0.29) is 5.91 Å². The Morgan fingerprint density at radius 2 is 2.14 bits per heavy atom. The molecule has 0 saturated carbocycles. The van der Waals surface area contributed by atoms with Crippen molar-refractivity contribution in [2.24, 2.45) is 0 Å². The third-order valence-corrected chi connectivity index (χ3v) is 5.89. The lowest BCUT2D eigenvalue weighted by Crippen LogP contribution is -2.38. The number of likely N-dealkylation sites (tertiary alicyclic amines) is 1. The van der Waals surface area contributed by atoms with E-state index in [0.29, 0.717) is 11.6 Å². The largest absolute Gasteiger partial charge is 0.337 e. The van der Waals surface area contributed by atoms with Gasteiger partial charge in [0.1, 0.15) is 0 Å². The number of carbonyl (C=O) groups is 1. The van der Waals surface area contributed by atoms with Crippen LogP contribution >= 0.6 is 27.3 Å². The SMILES string of the molecule is Cc1cnc(C2CCN(C(=O)c3n[nH]c(C)c3Br)CC2)s1. The van der Waals surface area contributed by atoms with E-state index in [2.05, 4.69) is 38.0 Å². The molecule has 1 N–H and O–H groups in total. The van der Waals surface area contributed by atoms with E-state index < -0.39 is 0 Å². The summed E-state index contributed by atoms with van der Waals surface area (Å²) in [6.07, 6.45) is 3.88. The third kappa shape index (κ3) is 2.89. The Labute approximate surface area is 135 Å². The van der Waals surface area contributed by atoms with Gasteiger partial charge in [-0.05, 0) is 42.6 Å². The van der Waals surface area contributed by atoms with Crippen molar-refractivity contribution in [3.63, 3.8) is 0 Å². The molecule has 1 saturated heterocycles. The van der Waals surface area contributed by atoms with Crippen LogP contribution in [0, 0.1) is 13.8 Å². The summed E-state index contributed by atoms with van der Waals surface area (Å²) in [5.41, 5.74) is 1.36. The number of aromatic amines is 1. The number of aryl methyl sites for hydroxylation is 2. The minimum Gasteiger partial charge on any atom is -0.337 e. The van der Waals surface area contributed by atoms with E-state index in [1.807, 2.05) is 18.0 Å². The zero-order chi connectivity index (χ0) is 15.0. The van der Waals surface area contributed by atoms with Crippen LogP contribution in [0.25, 0.3) is 0 Å². The first-order chi connectivity index (χ1) is 10.1. The van der Waals surface area contributed by atoms with Crippen molar-refractivity contribution in [1.29, 1.82) is 0 Å². The molecular formula is C14H17BrN4OS. The van der Waals surface area contributed by atoms with Gasteiger partial charge < -0.3 is 4.90 Å². The lowest BCUT2D eigenvalue weighted by Gasteiger charge is -2.30. The van der Waals surface area contributed by atoms with Crippen LogP contribution in [0.5, 0.6) is 0 Å². The molecule has 0 radical (unpaired) electrons. The van der Waals surface area contributed by atoms with Gasteiger partial charge in [-0.2, -0.15) is 5.10 Å². The number of halogens is 1. The Bertz CT molecular complexity index is 658. The Hall–Kier alpha value is -1.21. The minimum atomic E-state index is -0.00000525. The molecule has 3 heterocycles. The molecule has 1 amide bonds. The zero-order valence-electron chi connectivity index (χ0n) is 12.0. The minimum absolute atomic E-state index is 0.00000525. The highest BCUT2D eigenvalue weighted by atomic mass is 79.9. The first-order valence-corrected chi connectivity index (χ1v) is 8.59. The summed E-state index contributed by atoms with van der Waals surface area (Å²) < 4.78 is 0.769. The highest BCUT2D eigenvalue weighted by Crippen LogP contribution is 2.31. The Balaban J connectivity index is 1.65. The smallest absolute Gasteiger partial charge is 0.275 e. The number of rotatable bonds is 2. The van der Waals surface area contributed by atoms with Crippen molar-refractivity contribution in [1.82, 2.24) is 20.1 Å². The summed E-state index contributed by atoms with van der Waals surface area (Å²) >= 11 is 5.19. The van der Waals surface area contributed by atoms with Gasteiger partial charge in [-0.15, -0.1) is 11.3 Å². The maximum atomic E-state index is 12.5. The number of amides is 1. The van der Waals surface area contributed by atoms with Crippen LogP contribution in [0.3, 0.4) is 0 Å². The lowest BCUT2D eigenvalue weighted by molar-refractivity contribution is 0.0706. The van der Waals surface area contributed by atoms with Gasteiger partial charge in [0, 0.05) is 35.8 Å². The average Bonchev–Trinajstić information content (AvgIpc) is 3.06. The maximum Gasteiger partial charge on any atom is 0.275 e. The quantitative estimate of drug-likeness (QED) is 0.884. The first kappa shape index (κ1) is 14.7. The number of carbonyl (C=O) groups excluding carboxylic acids is 1. The second-order valence-electron chi connectivity index (χ2n) is 5.39. The van der Waals surface area contributed by atoms with Crippen molar-refractivity contribution in [3.05, 3.63) is 31.9 Å². The van der Waals surface area contributed by atoms with Crippen molar-refractivity contribution in [2.75, 3.05) is 13.1 Å². The molecule has 0 bridgehead atoms. The highest BCUT2D eigenvalue weighted by molar-refractivity contribution is 9.10. The molecule has 0 aliphatic carbocycles. The Kier molecular flexibility index (Phi) is 4.12. The normalized spacial score (nSPS) is 16.4. The summed E-state index contributed by atoms with van der Waals surface area (Å²) in [4.78, 5) is 20.1. The fraction of sp³-hybridized carbons (Fsp3) is 0.500. The summed E-state index contributed by atoms with van der Waals surface area (Å²) in [7, 11) is 0. The molecule has 5 nitrogen and oxygen atoms in total. The number of hydrogen-bond acceptors (Lipinski definition) is 4. The van der Waals surface area contributed by atoms with E-state index >= 15 is 0 Å². The molecule has 0 unspecified atom stereocenters. The lowest BCUT2D eigenvalue weighted by atomic mass is 9.97. The molecule has 112 valence electrons. The molecular weight excluding hydrogens is 352 g/mol. The predicted molar refractivity (Wildman–Crippen MR) is 85.8 cm³/mol. The van der Waals surface area contributed by atoms with Gasteiger partial charge in [-0.25, -0.2) is 4.98 Å². The summed E-state index contributed by atoms with van der Waals surface area (Å²) in [5, 5.41) is 8.14. The van der Waals surface area contributed by atoms with Gasteiger partial charge in [-0.3, -0.25) is 9.89 Å². The number of nitrogens with zero attached hydrogens (tertiary/aromatic N) is 3. The van der Waals surface area contributed by atoms with Crippen molar-refractivity contribution >= 4 is 33.2 Å². The second-order valence-corrected chi connectivity index (χ2v) is 7.45. The fourth-order valence-electron chi connectivity index (χ4n) is 2.60. The van der Waals surface area contributed by atoms with Crippen LogP contribution in [0.1, 0.15) is 44.8 Å². The monoisotopic (exact) mass is 368 g/mol. The average molecular weight is 369 g/mol. The molecule has 21 heavy (non-hydrogen) atoms. The number of H-pyrrole nitrogens is 1. The van der Waals surface area contributed by atoms with E-state index in [1.165, 1.54) is 9.88 Å². The summed E-state index contributed by atoms with van der Waals surface area (Å²) in [6, 6.07) is 0. The highest BCUT2D eigenvalue weighted by Gasteiger charge is 2.28. The van der Waals surface area contributed by atoms with Gasteiger partial charge >= 0.3 is 0 Å². The molecule has 1 aliphatic rings. The van der Waals surface area contributed by atoms with Gasteiger partial charge in [0.05, 0.1) is 9.48 Å². The number of nitrogens with one attached hydrogen (secondary N) is 1. The van der Waals surface area contributed by atoms with E-state index in [0.717, 1.165) is 36.1 Å². The summed E-state index contributed by atoms with van der Waals surface area (Å²) in [5.74, 6) is 0.483. The number of aromatic nitrogens is 3. The molecule has 0 spiro atoms. The van der Waals surface area contributed by atoms with Crippen LogP contribution < -0.4 is 0 Å². The predicted octanol–water partition coefficient (Wildman–Crippen LogP) is 3.27. The van der Waals surface area contributed by atoms with Crippen LogP contribution in [0.4, 0.5) is 0 Å².